The molecule has 0 atom stereocenters. The molecule has 0 radical (unpaired) electrons. The lowest BCUT2D eigenvalue weighted by molar-refractivity contribution is -0.140. The maximum atomic E-state index is 12.2. The average Bonchev–Trinajstić information content (AvgIpc) is 2.68. The molecule has 1 aliphatic heterocycles. The highest BCUT2D eigenvalue weighted by Crippen LogP contribution is 2.47. The summed E-state index contributed by atoms with van der Waals surface area (Å²) in [5, 5.41) is 2.87. The second kappa shape index (κ2) is 8.76. The summed E-state index contributed by atoms with van der Waals surface area (Å²) in [5.41, 5.74) is 2.27. The minimum absolute atomic E-state index is 0.0111. The highest BCUT2D eigenvalue weighted by Gasteiger charge is 2.22. The van der Waals surface area contributed by atoms with Gasteiger partial charge in [0.05, 0.1) is 18.5 Å². The Kier molecular flexibility index (Phi) is 6.17. The third-order valence-corrected chi connectivity index (χ3v) is 5.33. The molecule has 1 aliphatic rings. The maximum Gasteiger partial charge on any atom is 0.305 e. The van der Waals surface area contributed by atoms with Crippen molar-refractivity contribution in [1.82, 2.24) is 5.32 Å². The van der Waals surface area contributed by atoms with Crippen LogP contribution in [-0.4, -0.2) is 32.1 Å². The van der Waals surface area contributed by atoms with Crippen molar-refractivity contribution in [3.8, 4) is 0 Å². The monoisotopic (exact) mass is 370 g/mol. The SMILES string of the molecule is COC(=O)CCCNC(=O)CCN1c2ccccc2Sc2ccccc21. The lowest BCUT2D eigenvalue weighted by Gasteiger charge is -2.32. The molecule has 0 spiro atoms. The van der Waals surface area contributed by atoms with E-state index in [1.54, 1.807) is 11.8 Å². The zero-order valence-corrected chi connectivity index (χ0v) is 15.6. The molecule has 3 rings (SSSR count). The smallest absolute Gasteiger partial charge is 0.305 e. The van der Waals surface area contributed by atoms with Gasteiger partial charge in [-0.2, -0.15) is 0 Å². The van der Waals surface area contributed by atoms with Crippen LogP contribution in [0.2, 0.25) is 0 Å². The molecule has 0 bridgehead atoms. The molecule has 0 aliphatic carbocycles. The van der Waals surface area contributed by atoms with Gasteiger partial charge in [-0.25, -0.2) is 0 Å². The summed E-state index contributed by atoms with van der Waals surface area (Å²) in [6.07, 6.45) is 1.30. The molecule has 0 fully saturated rings. The topological polar surface area (TPSA) is 58.6 Å². The number of rotatable bonds is 7. The van der Waals surface area contributed by atoms with Crippen LogP contribution < -0.4 is 10.2 Å². The van der Waals surface area contributed by atoms with Crippen LogP contribution in [0.4, 0.5) is 11.4 Å². The largest absolute Gasteiger partial charge is 0.469 e. The number of ether oxygens (including phenoxy) is 1. The van der Waals surface area contributed by atoms with Gasteiger partial charge in [-0.15, -0.1) is 0 Å². The third-order valence-electron chi connectivity index (χ3n) is 4.20. The number of fused-ring (bicyclic) bond motifs is 2. The quantitative estimate of drug-likeness (QED) is 0.594. The Morgan fingerprint density at radius 1 is 1.00 bits per heavy atom. The van der Waals surface area contributed by atoms with E-state index in [9.17, 15) is 9.59 Å². The maximum absolute atomic E-state index is 12.2. The van der Waals surface area contributed by atoms with Crippen LogP contribution in [0.25, 0.3) is 0 Å². The summed E-state index contributed by atoms with van der Waals surface area (Å²) in [6.45, 7) is 1.09. The normalized spacial score (nSPS) is 12.1. The van der Waals surface area contributed by atoms with Gasteiger partial charge in [-0.1, -0.05) is 36.0 Å². The molecule has 136 valence electrons. The first-order valence-corrected chi connectivity index (χ1v) is 9.47. The molecular formula is C20H22N2O3S. The van der Waals surface area contributed by atoms with Crippen molar-refractivity contribution in [3.63, 3.8) is 0 Å². The molecule has 2 aromatic rings. The van der Waals surface area contributed by atoms with Crippen molar-refractivity contribution in [1.29, 1.82) is 0 Å². The number of carbonyl (C=O) groups excluding carboxylic acids is 2. The van der Waals surface area contributed by atoms with Gasteiger partial charge in [0, 0.05) is 35.7 Å². The van der Waals surface area contributed by atoms with Crippen molar-refractivity contribution < 1.29 is 14.3 Å². The van der Waals surface area contributed by atoms with E-state index in [-0.39, 0.29) is 11.9 Å². The number of hydrogen-bond acceptors (Lipinski definition) is 5. The Morgan fingerprint density at radius 3 is 2.23 bits per heavy atom. The van der Waals surface area contributed by atoms with E-state index in [2.05, 4.69) is 39.2 Å². The molecule has 6 heteroatoms. The van der Waals surface area contributed by atoms with Gasteiger partial charge in [-0.05, 0) is 30.7 Å². The Hall–Kier alpha value is -2.47. The minimum Gasteiger partial charge on any atom is -0.469 e. The van der Waals surface area contributed by atoms with Gasteiger partial charge in [0.25, 0.3) is 0 Å². The zero-order valence-electron chi connectivity index (χ0n) is 14.7. The number of hydrogen-bond donors (Lipinski definition) is 1. The number of anilines is 2. The van der Waals surface area contributed by atoms with E-state index in [0.29, 0.717) is 32.4 Å². The van der Waals surface area contributed by atoms with Gasteiger partial charge in [0.1, 0.15) is 0 Å². The molecule has 0 saturated heterocycles. The van der Waals surface area contributed by atoms with E-state index < -0.39 is 0 Å². The van der Waals surface area contributed by atoms with Crippen LogP contribution in [0.15, 0.2) is 58.3 Å². The summed E-state index contributed by atoms with van der Waals surface area (Å²) in [4.78, 5) is 27.8. The molecule has 0 unspecified atom stereocenters. The van der Waals surface area contributed by atoms with E-state index in [1.165, 1.54) is 16.9 Å². The lowest BCUT2D eigenvalue weighted by atomic mass is 10.2. The van der Waals surface area contributed by atoms with Crippen molar-refractivity contribution in [2.75, 3.05) is 25.1 Å². The van der Waals surface area contributed by atoms with Crippen LogP contribution in [0.1, 0.15) is 19.3 Å². The molecule has 26 heavy (non-hydrogen) atoms. The predicted molar refractivity (Wildman–Crippen MR) is 103 cm³/mol. The second-order valence-corrected chi connectivity index (χ2v) is 7.05. The van der Waals surface area contributed by atoms with E-state index in [1.807, 2.05) is 24.3 Å². The summed E-state index contributed by atoms with van der Waals surface area (Å²) >= 11 is 1.76. The number of carbonyl (C=O) groups is 2. The molecular weight excluding hydrogens is 348 g/mol. The van der Waals surface area contributed by atoms with Crippen molar-refractivity contribution in [2.45, 2.75) is 29.1 Å². The minimum atomic E-state index is -0.252. The molecule has 5 nitrogen and oxygen atoms in total. The molecule has 1 amide bonds. The van der Waals surface area contributed by atoms with Crippen LogP contribution in [0, 0.1) is 0 Å². The number of amides is 1. The summed E-state index contributed by atoms with van der Waals surface area (Å²) in [6, 6.07) is 16.5. The number of esters is 1. The molecule has 0 saturated carbocycles. The van der Waals surface area contributed by atoms with Gasteiger partial charge in [0.15, 0.2) is 0 Å². The Bertz CT molecular complexity index is 749. The Morgan fingerprint density at radius 2 is 1.62 bits per heavy atom. The van der Waals surface area contributed by atoms with E-state index >= 15 is 0 Å². The highest BCUT2D eigenvalue weighted by molar-refractivity contribution is 7.99. The Balaban J connectivity index is 1.59. The summed E-state index contributed by atoms with van der Waals surface area (Å²) < 4.78 is 4.59. The fourth-order valence-corrected chi connectivity index (χ4v) is 3.98. The number of methoxy groups -OCH3 is 1. The highest BCUT2D eigenvalue weighted by atomic mass is 32.2. The van der Waals surface area contributed by atoms with Gasteiger partial charge in [-0.3, -0.25) is 9.59 Å². The number of para-hydroxylation sites is 2. The first-order valence-electron chi connectivity index (χ1n) is 8.66. The molecule has 2 aromatic carbocycles. The van der Waals surface area contributed by atoms with E-state index in [0.717, 1.165) is 11.4 Å². The number of benzene rings is 2. The molecule has 0 aromatic heterocycles. The fraction of sp³-hybridized carbons (Fsp3) is 0.300. The fourth-order valence-electron chi connectivity index (χ4n) is 2.89. The predicted octanol–water partition coefficient (Wildman–Crippen LogP) is 3.75. The standard InChI is InChI=1S/C20H22N2O3S/c1-25-20(24)11-6-13-21-19(23)12-14-22-15-7-2-4-9-17(15)26-18-10-5-3-8-16(18)22/h2-5,7-10H,6,11-14H2,1H3,(H,21,23). The van der Waals surface area contributed by atoms with Gasteiger partial charge >= 0.3 is 5.97 Å². The zero-order chi connectivity index (χ0) is 18.4. The Labute approximate surface area is 157 Å². The molecule has 1 heterocycles. The van der Waals surface area contributed by atoms with Crippen LogP contribution in [0.3, 0.4) is 0 Å². The first-order chi connectivity index (χ1) is 12.7. The van der Waals surface area contributed by atoms with Crippen LogP contribution in [-0.2, 0) is 14.3 Å². The van der Waals surface area contributed by atoms with Crippen LogP contribution >= 0.6 is 11.8 Å². The summed E-state index contributed by atoms with van der Waals surface area (Å²) in [7, 11) is 1.37. The third kappa shape index (κ3) is 4.38. The average molecular weight is 370 g/mol. The number of nitrogens with zero attached hydrogens (tertiary/aromatic N) is 1. The second-order valence-electron chi connectivity index (χ2n) is 5.97. The summed E-state index contributed by atoms with van der Waals surface area (Å²) in [5.74, 6) is -0.263. The lowest BCUT2D eigenvalue weighted by Crippen LogP contribution is -2.30. The van der Waals surface area contributed by atoms with Crippen LogP contribution in [0.5, 0.6) is 0 Å². The van der Waals surface area contributed by atoms with Crippen molar-refractivity contribution >= 4 is 35.0 Å². The van der Waals surface area contributed by atoms with Gasteiger partial charge in [0.2, 0.25) is 5.91 Å². The van der Waals surface area contributed by atoms with Crippen molar-refractivity contribution in [2.24, 2.45) is 0 Å². The van der Waals surface area contributed by atoms with Gasteiger partial charge < -0.3 is 15.0 Å². The first kappa shape index (κ1) is 18.3. The molecule has 1 N–H and O–H groups in total. The van der Waals surface area contributed by atoms with Crippen molar-refractivity contribution in [3.05, 3.63) is 48.5 Å². The number of nitrogens with one attached hydrogen (secondary N) is 1. The van der Waals surface area contributed by atoms with E-state index in [4.69, 9.17) is 0 Å².